The number of halogens is 2. The Bertz CT molecular complexity index is 1190. The Morgan fingerprint density at radius 1 is 1.00 bits per heavy atom. The smallest absolute Gasteiger partial charge is 0.363 e. The molecule has 0 fully saturated rings. The summed E-state index contributed by atoms with van der Waals surface area (Å²) >= 11 is 5.92. The van der Waals surface area contributed by atoms with Gasteiger partial charge < -0.3 is 14.2 Å². The fourth-order valence-electron chi connectivity index (χ4n) is 3.03. The molecule has 0 aliphatic carbocycles. The van der Waals surface area contributed by atoms with E-state index in [1.54, 1.807) is 36.4 Å². The van der Waals surface area contributed by atoms with Gasteiger partial charge in [-0.3, -0.25) is 0 Å². The molecule has 1 aliphatic rings. The van der Waals surface area contributed by atoms with Gasteiger partial charge in [0.05, 0.1) is 6.61 Å². The van der Waals surface area contributed by atoms with Gasteiger partial charge in [0, 0.05) is 10.6 Å². The molecule has 32 heavy (non-hydrogen) atoms. The molecule has 7 heteroatoms. The summed E-state index contributed by atoms with van der Waals surface area (Å²) in [5.74, 6) is 0.300. The third-order valence-corrected chi connectivity index (χ3v) is 4.84. The number of benzene rings is 3. The summed E-state index contributed by atoms with van der Waals surface area (Å²) in [5, 5.41) is 0.664. The summed E-state index contributed by atoms with van der Waals surface area (Å²) in [4.78, 5) is 16.5. The van der Waals surface area contributed by atoms with E-state index in [0.29, 0.717) is 40.9 Å². The number of carbonyl (C=O) groups is 1. The van der Waals surface area contributed by atoms with Gasteiger partial charge in [-0.25, -0.2) is 14.2 Å². The molecule has 0 atom stereocenters. The number of hydrogen-bond acceptors (Lipinski definition) is 5. The van der Waals surface area contributed by atoms with Crippen LogP contribution in [0.4, 0.5) is 4.39 Å². The first-order chi connectivity index (χ1) is 15.5. The molecule has 0 spiro atoms. The highest BCUT2D eigenvalue weighted by molar-refractivity contribution is 6.30. The summed E-state index contributed by atoms with van der Waals surface area (Å²) in [6, 6.07) is 18.3. The van der Waals surface area contributed by atoms with Crippen LogP contribution in [0.5, 0.6) is 11.5 Å². The molecule has 0 radical (unpaired) electrons. The quantitative estimate of drug-likeness (QED) is 0.336. The second kappa shape index (κ2) is 9.66. The Hall–Kier alpha value is -3.64. The van der Waals surface area contributed by atoms with Crippen molar-refractivity contribution >= 4 is 29.5 Å². The normalized spacial score (nSPS) is 14.3. The van der Waals surface area contributed by atoms with E-state index in [1.165, 1.54) is 24.3 Å². The van der Waals surface area contributed by atoms with Crippen LogP contribution in [0.1, 0.15) is 23.6 Å². The number of nitrogens with zero attached hydrogens (tertiary/aromatic N) is 1. The number of cyclic esters (lactones) is 1. The molecule has 162 valence electrons. The maximum atomic E-state index is 13.1. The zero-order chi connectivity index (χ0) is 22.5. The van der Waals surface area contributed by atoms with Crippen molar-refractivity contribution in [3.63, 3.8) is 0 Å². The predicted molar refractivity (Wildman–Crippen MR) is 120 cm³/mol. The van der Waals surface area contributed by atoms with E-state index in [-0.39, 0.29) is 17.4 Å². The molecule has 1 heterocycles. The van der Waals surface area contributed by atoms with Gasteiger partial charge in [0.15, 0.2) is 17.2 Å². The van der Waals surface area contributed by atoms with Crippen LogP contribution in [0.15, 0.2) is 77.4 Å². The van der Waals surface area contributed by atoms with Crippen LogP contribution in [0.2, 0.25) is 5.02 Å². The van der Waals surface area contributed by atoms with E-state index in [9.17, 15) is 9.18 Å². The maximum absolute atomic E-state index is 13.1. The molecule has 3 aromatic rings. The largest absolute Gasteiger partial charge is 0.490 e. The standard InChI is InChI=1S/C25H19ClFNO4/c1-2-30-23-14-17(5-12-22(23)31-15-16-3-8-19(26)9-4-16)13-21-25(29)32-24(28-21)18-6-10-20(27)11-7-18/h3-14H,2,15H2,1H3/b21-13-. The summed E-state index contributed by atoms with van der Waals surface area (Å²) in [6.45, 7) is 2.68. The molecular formula is C25H19ClFNO4. The minimum atomic E-state index is -0.578. The van der Waals surface area contributed by atoms with Crippen molar-refractivity contribution in [2.24, 2.45) is 4.99 Å². The van der Waals surface area contributed by atoms with Crippen molar-refractivity contribution in [2.45, 2.75) is 13.5 Å². The molecule has 4 rings (SSSR count). The fraction of sp³-hybridized carbons (Fsp3) is 0.120. The fourth-order valence-corrected chi connectivity index (χ4v) is 3.15. The second-order valence-electron chi connectivity index (χ2n) is 6.90. The van der Waals surface area contributed by atoms with E-state index < -0.39 is 5.97 Å². The van der Waals surface area contributed by atoms with E-state index >= 15 is 0 Å². The molecule has 0 saturated heterocycles. The van der Waals surface area contributed by atoms with E-state index in [0.717, 1.165) is 5.56 Å². The first-order valence-corrected chi connectivity index (χ1v) is 10.3. The average molecular weight is 452 g/mol. The lowest BCUT2D eigenvalue weighted by molar-refractivity contribution is -0.129. The van der Waals surface area contributed by atoms with Crippen LogP contribution in [0.3, 0.4) is 0 Å². The monoisotopic (exact) mass is 451 g/mol. The molecule has 0 aromatic heterocycles. The van der Waals surface area contributed by atoms with Gasteiger partial charge in [0.25, 0.3) is 0 Å². The number of carbonyl (C=O) groups excluding carboxylic acids is 1. The summed E-state index contributed by atoms with van der Waals surface area (Å²) < 4.78 is 30.0. The molecular weight excluding hydrogens is 433 g/mol. The van der Waals surface area contributed by atoms with Crippen LogP contribution < -0.4 is 9.47 Å². The van der Waals surface area contributed by atoms with Crippen molar-refractivity contribution in [3.8, 4) is 11.5 Å². The molecule has 0 amide bonds. The second-order valence-corrected chi connectivity index (χ2v) is 7.33. The van der Waals surface area contributed by atoms with Crippen molar-refractivity contribution in [1.29, 1.82) is 0 Å². The molecule has 3 aromatic carbocycles. The Morgan fingerprint density at radius 3 is 2.47 bits per heavy atom. The number of rotatable bonds is 7. The Kier molecular flexibility index (Phi) is 6.52. The summed E-state index contributed by atoms with van der Waals surface area (Å²) in [7, 11) is 0. The lowest BCUT2D eigenvalue weighted by atomic mass is 10.1. The van der Waals surface area contributed by atoms with Gasteiger partial charge >= 0.3 is 5.97 Å². The Balaban J connectivity index is 1.54. The highest BCUT2D eigenvalue weighted by Crippen LogP contribution is 2.31. The summed E-state index contributed by atoms with van der Waals surface area (Å²) in [5.41, 5.74) is 2.33. The summed E-state index contributed by atoms with van der Waals surface area (Å²) in [6.07, 6.45) is 1.60. The Morgan fingerprint density at radius 2 is 1.75 bits per heavy atom. The van der Waals surface area contributed by atoms with Crippen LogP contribution in [-0.4, -0.2) is 18.5 Å². The highest BCUT2D eigenvalue weighted by Gasteiger charge is 2.24. The number of hydrogen-bond donors (Lipinski definition) is 0. The first kappa shape index (κ1) is 21.6. The molecule has 0 N–H and O–H groups in total. The van der Waals surface area contributed by atoms with Gasteiger partial charge in [-0.1, -0.05) is 29.8 Å². The minimum Gasteiger partial charge on any atom is -0.490 e. The third-order valence-electron chi connectivity index (χ3n) is 4.59. The van der Waals surface area contributed by atoms with Crippen molar-refractivity contribution in [3.05, 3.63) is 100.0 Å². The SMILES string of the molecule is CCOc1cc(/C=C2\N=C(c3ccc(F)cc3)OC2=O)ccc1OCc1ccc(Cl)cc1. The van der Waals surface area contributed by atoms with Crippen molar-refractivity contribution in [2.75, 3.05) is 6.61 Å². The third kappa shape index (κ3) is 5.15. The topological polar surface area (TPSA) is 57.1 Å². The van der Waals surface area contributed by atoms with E-state index in [1.807, 2.05) is 19.1 Å². The highest BCUT2D eigenvalue weighted by atomic mass is 35.5. The molecule has 5 nitrogen and oxygen atoms in total. The first-order valence-electron chi connectivity index (χ1n) is 9.94. The molecule has 0 saturated carbocycles. The van der Waals surface area contributed by atoms with E-state index in [4.69, 9.17) is 25.8 Å². The molecule has 0 bridgehead atoms. The zero-order valence-corrected chi connectivity index (χ0v) is 17.9. The van der Waals surface area contributed by atoms with Crippen LogP contribution in [0, 0.1) is 5.82 Å². The zero-order valence-electron chi connectivity index (χ0n) is 17.2. The number of ether oxygens (including phenoxy) is 3. The number of esters is 1. The minimum absolute atomic E-state index is 0.134. The number of aliphatic imine (C=N–C) groups is 1. The van der Waals surface area contributed by atoms with Gasteiger partial charge in [0.2, 0.25) is 5.90 Å². The van der Waals surface area contributed by atoms with Gasteiger partial charge in [-0.2, -0.15) is 0 Å². The lowest BCUT2D eigenvalue weighted by Gasteiger charge is -2.13. The predicted octanol–water partition coefficient (Wildman–Crippen LogP) is 5.80. The van der Waals surface area contributed by atoms with E-state index in [2.05, 4.69) is 4.99 Å². The molecule has 0 unspecified atom stereocenters. The molecule has 1 aliphatic heterocycles. The van der Waals surface area contributed by atoms with Gasteiger partial charge in [-0.15, -0.1) is 0 Å². The van der Waals surface area contributed by atoms with Crippen LogP contribution >= 0.6 is 11.6 Å². The van der Waals surface area contributed by atoms with Gasteiger partial charge in [-0.05, 0) is 72.7 Å². The lowest BCUT2D eigenvalue weighted by Crippen LogP contribution is -2.05. The Labute approximate surface area is 189 Å². The van der Waals surface area contributed by atoms with Crippen LogP contribution in [0.25, 0.3) is 6.08 Å². The van der Waals surface area contributed by atoms with Gasteiger partial charge in [0.1, 0.15) is 12.4 Å². The maximum Gasteiger partial charge on any atom is 0.363 e. The van der Waals surface area contributed by atoms with Crippen molar-refractivity contribution < 1.29 is 23.4 Å². The van der Waals surface area contributed by atoms with Crippen LogP contribution in [-0.2, 0) is 16.1 Å². The van der Waals surface area contributed by atoms with Crippen molar-refractivity contribution in [1.82, 2.24) is 0 Å². The average Bonchev–Trinajstić information content (AvgIpc) is 3.15.